The van der Waals surface area contributed by atoms with Crippen molar-refractivity contribution in [3.05, 3.63) is 162 Å². The van der Waals surface area contributed by atoms with Gasteiger partial charge in [0.1, 0.15) is 6.29 Å². The smallest absolute Gasteiger partial charge is 0.214 e. The zero-order valence-corrected chi connectivity index (χ0v) is 25.7. The quantitative estimate of drug-likeness (QED) is 0.188. The summed E-state index contributed by atoms with van der Waals surface area (Å²) in [6.45, 7) is 0. The summed E-state index contributed by atoms with van der Waals surface area (Å²) >= 11 is 0. The normalized spacial score (nSPS) is 15.0. The van der Waals surface area contributed by atoms with Crippen LogP contribution in [0.4, 0.5) is 0 Å². The molecular formula is C41H29N5O. The molecule has 6 aromatic carbocycles. The Labute approximate surface area is 271 Å². The Morgan fingerprint density at radius 2 is 1.23 bits per heavy atom. The Hall–Kier alpha value is -6.27. The van der Waals surface area contributed by atoms with Crippen molar-refractivity contribution in [2.45, 2.75) is 6.17 Å². The number of amidine groups is 1. The number of hydrogen-bond acceptors (Lipinski definition) is 4. The zero-order chi connectivity index (χ0) is 31.5. The van der Waals surface area contributed by atoms with E-state index in [9.17, 15) is 4.79 Å². The van der Waals surface area contributed by atoms with Gasteiger partial charge in [0.2, 0.25) is 5.96 Å². The van der Waals surface area contributed by atoms with Crippen LogP contribution in [0.2, 0.25) is 0 Å². The summed E-state index contributed by atoms with van der Waals surface area (Å²) < 4.78 is 4.61. The predicted octanol–water partition coefficient (Wildman–Crippen LogP) is 9.00. The number of aliphatic imine (C=N–C) groups is 2. The molecule has 3 heterocycles. The number of hydrogen-bond donors (Lipinski definition) is 0. The lowest BCUT2D eigenvalue weighted by atomic mass is 10.1. The van der Waals surface area contributed by atoms with Gasteiger partial charge in [0, 0.05) is 45.4 Å². The largest absolute Gasteiger partial charge is 0.319 e. The molecule has 1 aliphatic heterocycles. The second kappa shape index (κ2) is 10.7. The van der Waals surface area contributed by atoms with E-state index in [1.165, 1.54) is 0 Å². The summed E-state index contributed by atoms with van der Waals surface area (Å²) in [6.07, 6.45) is 0.612. The third-order valence-electron chi connectivity index (χ3n) is 9.22. The van der Waals surface area contributed by atoms with Crippen molar-refractivity contribution in [3.8, 4) is 5.69 Å². The van der Waals surface area contributed by atoms with Gasteiger partial charge in [-0.1, -0.05) is 103 Å². The second-order valence-corrected chi connectivity index (χ2v) is 11.9. The fourth-order valence-electron chi connectivity index (χ4n) is 7.07. The standard InChI is InChI=1S/C41H29N5O/c1-44-40(29-14-6-3-7-15-29)42-39(28-12-4-2-5-13-28)43-41(44)46-34-18-10-8-16-31(34)32-24-25-36-37(38(32)46)33-17-9-11-19-35(33)45(36)30-22-20-27(26-47)21-23-30/h2-26,40H,1H3. The van der Waals surface area contributed by atoms with Gasteiger partial charge in [-0.25, -0.2) is 4.99 Å². The van der Waals surface area contributed by atoms with Crippen molar-refractivity contribution < 1.29 is 4.79 Å². The minimum absolute atomic E-state index is 0.271. The lowest BCUT2D eigenvalue weighted by Crippen LogP contribution is -2.39. The first-order chi connectivity index (χ1) is 23.2. The average Bonchev–Trinajstić information content (AvgIpc) is 3.65. The first-order valence-electron chi connectivity index (χ1n) is 15.7. The van der Waals surface area contributed by atoms with Crippen LogP contribution in [0.3, 0.4) is 0 Å². The minimum Gasteiger partial charge on any atom is -0.319 e. The molecule has 0 bridgehead atoms. The fraction of sp³-hybridized carbons (Fsp3) is 0.0488. The zero-order valence-electron chi connectivity index (χ0n) is 25.7. The molecule has 0 amide bonds. The van der Waals surface area contributed by atoms with E-state index in [0.717, 1.165) is 72.7 Å². The molecular weight excluding hydrogens is 578 g/mol. The molecule has 0 N–H and O–H groups in total. The lowest BCUT2D eigenvalue weighted by molar-refractivity contribution is 0.112. The Balaban J connectivity index is 1.40. The highest BCUT2D eigenvalue weighted by molar-refractivity contribution is 6.28. The van der Waals surface area contributed by atoms with Crippen LogP contribution in [-0.2, 0) is 0 Å². The molecule has 2 aromatic heterocycles. The van der Waals surface area contributed by atoms with Gasteiger partial charge in [0.15, 0.2) is 12.0 Å². The highest BCUT2D eigenvalue weighted by Crippen LogP contribution is 2.41. The van der Waals surface area contributed by atoms with Crippen LogP contribution in [0, 0.1) is 0 Å². The Morgan fingerprint density at radius 3 is 1.96 bits per heavy atom. The van der Waals surface area contributed by atoms with Crippen LogP contribution in [-0.4, -0.2) is 39.2 Å². The number of rotatable bonds is 4. The van der Waals surface area contributed by atoms with E-state index in [1.807, 2.05) is 48.5 Å². The SMILES string of the molecule is CN1C(n2c3ccccc3c3ccc4c(c5ccccc5n4-c4ccc(C=O)cc4)c32)=NC(c2ccccc2)=NC1c1ccccc1. The fourth-order valence-corrected chi connectivity index (χ4v) is 7.07. The molecule has 0 spiro atoms. The first kappa shape index (κ1) is 27.1. The summed E-state index contributed by atoms with van der Waals surface area (Å²) in [6, 6.07) is 50.0. The molecule has 9 rings (SSSR count). The number of benzene rings is 6. The van der Waals surface area contributed by atoms with Crippen LogP contribution in [0.1, 0.15) is 27.7 Å². The summed E-state index contributed by atoms with van der Waals surface area (Å²) in [4.78, 5) is 24.2. The number of para-hydroxylation sites is 2. The third kappa shape index (κ3) is 4.15. The summed E-state index contributed by atoms with van der Waals surface area (Å²) in [7, 11) is 2.08. The first-order valence-corrected chi connectivity index (χ1v) is 15.7. The van der Waals surface area contributed by atoms with E-state index in [0.29, 0.717) is 11.4 Å². The maximum atomic E-state index is 11.5. The predicted molar refractivity (Wildman–Crippen MR) is 192 cm³/mol. The molecule has 6 heteroatoms. The van der Waals surface area contributed by atoms with Crippen molar-refractivity contribution >= 4 is 61.7 Å². The molecule has 224 valence electrons. The molecule has 6 nitrogen and oxygen atoms in total. The molecule has 0 radical (unpaired) electrons. The molecule has 1 unspecified atom stereocenters. The van der Waals surface area contributed by atoms with Crippen LogP contribution in [0.5, 0.6) is 0 Å². The highest BCUT2D eigenvalue weighted by Gasteiger charge is 2.30. The maximum Gasteiger partial charge on any atom is 0.214 e. The van der Waals surface area contributed by atoms with Gasteiger partial charge in [0.05, 0.1) is 22.1 Å². The van der Waals surface area contributed by atoms with Crippen LogP contribution < -0.4 is 0 Å². The number of aldehydes is 1. The van der Waals surface area contributed by atoms with Crippen LogP contribution in [0.25, 0.3) is 49.3 Å². The Kier molecular flexibility index (Phi) is 6.15. The second-order valence-electron chi connectivity index (χ2n) is 11.9. The molecule has 0 saturated carbocycles. The summed E-state index contributed by atoms with van der Waals surface area (Å²) in [5.74, 6) is 1.50. The monoisotopic (exact) mass is 607 g/mol. The van der Waals surface area contributed by atoms with Crippen LogP contribution >= 0.6 is 0 Å². The van der Waals surface area contributed by atoms with E-state index < -0.39 is 0 Å². The molecule has 0 fully saturated rings. The number of carbonyl (C=O) groups excluding carboxylic acids is 1. The van der Waals surface area contributed by atoms with Crippen molar-refractivity contribution in [2.24, 2.45) is 9.98 Å². The van der Waals surface area contributed by atoms with E-state index in [4.69, 9.17) is 9.98 Å². The number of fused-ring (bicyclic) bond motifs is 7. The molecule has 47 heavy (non-hydrogen) atoms. The molecule has 1 aliphatic rings. The number of nitrogens with zero attached hydrogens (tertiary/aromatic N) is 5. The lowest BCUT2D eigenvalue weighted by Gasteiger charge is -2.33. The van der Waals surface area contributed by atoms with Gasteiger partial charge in [-0.15, -0.1) is 0 Å². The van der Waals surface area contributed by atoms with Crippen molar-refractivity contribution in [1.82, 2.24) is 14.0 Å². The van der Waals surface area contributed by atoms with Crippen molar-refractivity contribution in [1.29, 1.82) is 0 Å². The molecule has 0 aliphatic carbocycles. The average molecular weight is 608 g/mol. The highest BCUT2D eigenvalue weighted by atomic mass is 16.1. The number of carbonyl (C=O) groups is 1. The van der Waals surface area contributed by atoms with Crippen LogP contribution in [0.15, 0.2) is 156 Å². The van der Waals surface area contributed by atoms with Gasteiger partial charge in [-0.3, -0.25) is 9.36 Å². The third-order valence-corrected chi connectivity index (χ3v) is 9.22. The molecule has 1 atom stereocenters. The van der Waals surface area contributed by atoms with E-state index in [1.54, 1.807) is 0 Å². The van der Waals surface area contributed by atoms with E-state index >= 15 is 0 Å². The Morgan fingerprint density at radius 1 is 0.596 bits per heavy atom. The molecule has 0 saturated heterocycles. The topological polar surface area (TPSA) is 54.9 Å². The van der Waals surface area contributed by atoms with Gasteiger partial charge >= 0.3 is 0 Å². The van der Waals surface area contributed by atoms with Gasteiger partial charge in [-0.2, -0.15) is 4.99 Å². The van der Waals surface area contributed by atoms with E-state index in [2.05, 4.69) is 118 Å². The van der Waals surface area contributed by atoms with Gasteiger partial charge in [0.25, 0.3) is 0 Å². The van der Waals surface area contributed by atoms with Gasteiger partial charge < -0.3 is 9.47 Å². The molecule has 8 aromatic rings. The Bertz CT molecular complexity index is 2540. The maximum absolute atomic E-state index is 11.5. The van der Waals surface area contributed by atoms with Gasteiger partial charge in [-0.05, 0) is 48.0 Å². The van der Waals surface area contributed by atoms with E-state index in [-0.39, 0.29) is 6.17 Å². The van der Waals surface area contributed by atoms with Crippen molar-refractivity contribution in [2.75, 3.05) is 7.05 Å². The summed E-state index contributed by atoms with van der Waals surface area (Å²) in [5.41, 5.74) is 8.06. The number of aromatic nitrogens is 2. The summed E-state index contributed by atoms with van der Waals surface area (Å²) in [5, 5.41) is 4.60. The van der Waals surface area contributed by atoms with Crippen molar-refractivity contribution in [3.63, 3.8) is 0 Å². The minimum atomic E-state index is -0.271.